The van der Waals surface area contributed by atoms with E-state index >= 15 is 0 Å². The standard InChI is InChI=1S/C9H15NO/c1-7(2)9(11)8(3)10-5-4-6-10/h7H,3-6H2,1-2H3. The zero-order chi connectivity index (χ0) is 8.43. The highest BCUT2D eigenvalue weighted by molar-refractivity contribution is 5.95. The first-order valence-electron chi connectivity index (χ1n) is 4.11. The second kappa shape index (κ2) is 3.07. The Morgan fingerprint density at radius 1 is 1.45 bits per heavy atom. The van der Waals surface area contributed by atoms with Gasteiger partial charge in [0.2, 0.25) is 0 Å². The Morgan fingerprint density at radius 2 is 2.00 bits per heavy atom. The van der Waals surface area contributed by atoms with Crippen LogP contribution in [0.25, 0.3) is 0 Å². The predicted octanol–water partition coefficient (Wildman–Crippen LogP) is 1.43. The van der Waals surface area contributed by atoms with Gasteiger partial charge in [-0.3, -0.25) is 4.79 Å². The molecule has 1 aliphatic heterocycles. The summed E-state index contributed by atoms with van der Waals surface area (Å²) < 4.78 is 0. The van der Waals surface area contributed by atoms with Crippen molar-refractivity contribution in [2.45, 2.75) is 20.3 Å². The first-order chi connectivity index (χ1) is 5.13. The van der Waals surface area contributed by atoms with Crippen LogP contribution in [0.15, 0.2) is 12.3 Å². The molecule has 1 fully saturated rings. The molecule has 1 rings (SSSR count). The van der Waals surface area contributed by atoms with Crippen LogP contribution < -0.4 is 0 Å². The smallest absolute Gasteiger partial charge is 0.180 e. The van der Waals surface area contributed by atoms with Crippen molar-refractivity contribution < 1.29 is 4.79 Å². The molecule has 62 valence electrons. The molecule has 0 amide bonds. The zero-order valence-electron chi connectivity index (χ0n) is 7.26. The van der Waals surface area contributed by atoms with E-state index in [1.54, 1.807) is 0 Å². The molecule has 0 N–H and O–H groups in total. The van der Waals surface area contributed by atoms with Gasteiger partial charge in [0, 0.05) is 19.0 Å². The van der Waals surface area contributed by atoms with E-state index < -0.39 is 0 Å². The number of allylic oxidation sites excluding steroid dienone is 1. The molecule has 11 heavy (non-hydrogen) atoms. The van der Waals surface area contributed by atoms with E-state index in [9.17, 15) is 4.79 Å². The van der Waals surface area contributed by atoms with Crippen molar-refractivity contribution in [3.05, 3.63) is 12.3 Å². The third-order valence-corrected chi connectivity index (χ3v) is 2.05. The summed E-state index contributed by atoms with van der Waals surface area (Å²) in [6.45, 7) is 9.62. The highest BCUT2D eigenvalue weighted by Crippen LogP contribution is 2.16. The molecule has 0 aliphatic carbocycles. The first kappa shape index (κ1) is 8.31. The Balaban J connectivity index is 2.46. The second-order valence-electron chi connectivity index (χ2n) is 3.31. The van der Waals surface area contributed by atoms with Gasteiger partial charge in [0.25, 0.3) is 0 Å². The lowest BCUT2D eigenvalue weighted by molar-refractivity contribution is -0.120. The van der Waals surface area contributed by atoms with E-state index in [1.807, 2.05) is 18.7 Å². The summed E-state index contributed by atoms with van der Waals surface area (Å²) in [5.74, 6) is 0.271. The largest absolute Gasteiger partial charge is 0.369 e. The molecule has 1 saturated heterocycles. The molecular weight excluding hydrogens is 138 g/mol. The fourth-order valence-electron chi connectivity index (χ4n) is 1.08. The van der Waals surface area contributed by atoms with Crippen LogP contribution in [0.1, 0.15) is 20.3 Å². The highest BCUT2D eigenvalue weighted by atomic mass is 16.1. The number of carbonyl (C=O) groups excluding carboxylic acids is 1. The number of hydrogen-bond donors (Lipinski definition) is 0. The Labute approximate surface area is 67.9 Å². The number of Topliss-reactive ketones (excluding diaryl/α,β-unsaturated/α-hetero) is 1. The topological polar surface area (TPSA) is 20.3 Å². The maximum absolute atomic E-state index is 11.3. The summed E-state index contributed by atoms with van der Waals surface area (Å²) in [5, 5.41) is 0. The van der Waals surface area contributed by atoms with Gasteiger partial charge in [0.15, 0.2) is 5.78 Å². The molecule has 0 unspecified atom stereocenters. The third kappa shape index (κ3) is 1.62. The van der Waals surface area contributed by atoms with Gasteiger partial charge < -0.3 is 4.90 Å². The minimum Gasteiger partial charge on any atom is -0.369 e. The van der Waals surface area contributed by atoms with Gasteiger partial charge in [-0.15, -0.1) is 0 Å². The molecule has 2 heteroatoms. The van der Waals surface area contributed by atoms with E-state index in [4.69, 9.17) is 0 Å². The van der Waals surface area contributed by atoms with E-state index in [0.717, 1.165) is 13.1 Å². The maximum Gasteiger partial charge on any atom is 0.180 e. The van der Waals surface area contributed by atoms with Crippen molar-refractivity contribution in [3.8, 4) is 0 Å². The highest BCUT2D eigenvalue weighted by Gasteiger charge is 2.21. The van der Waals surface area contributed by atoms with Crippen molar-refractivity contribution in [2.24, 2.45) is 5.92 Å². The van der Waals surface area contributed by atoms with E-state index in [2.05, 4.69) is 6.58 Å². The molecule has 2 nitrogen and oxygen atoms in total. The Bertz CT molecular complexity index is 180. The van der Waals surface area contributed by atoms with Gasteiger partial charge in [-0.1, -0.05) is 20.4 Å². The first-order valence-corrected chi connectivity index (χ1v) is 4.11. The van der Waals surface area contributed by atoms with Gasteiger partial charge in [-0.25, -0.2) is 0 Å². The Kier molecular flexibility index (Phi) is 2.32. The van der Waals surface area contributed by atoms with E-state index in [1.165, 1.54) is 6.42 Å². The fraction of sp³-hybridized carbons (Fsp3) is 0.667. The maximum atomic E-state index is 11.3. The van der Waals surface area contributed by atoms with Crippen LogP contribution in [0.3, 0.4) is 0 Å². The SMILES string of the molecule is C=C(C(=O)C(C)C)N1CCC1. The van der Waals surface area contributed by atoms with Crippen LogP contribution >= 0.6 is 0 Å². The summed E-state index contributed by atoms with van der Waals surface area (Å²) in [6, 6.07) is 0. The summed E-state index contributed by atoms with van der Waals surface area (Å²) in [5.41, 5.74) is 0.700. The van der Waals surface area contributed by atoms with Crippen molar-refractivity contribution in [1.82, 2.24) is 4.90 Å². The molecule has 0 aromatic heterocycles. The summed E-state index contributed by atoms with van der Waals surface area (Å²) in [6.07, 6.45) is 1.20. The molecule has 0 radical (unpaired) electrons. The van der Waals surface area contributed by atoms with Crippen LogP contribution in [0, 0.1) is 5.92 Å². The van der Waals surface area contributed by atoms with Crippen LogP contribution in [0.5, 0.6) is 0 Å². The number of rotatable bonds is 3. The van der Waals surface area contributed by atoms with Crippen LogP contribution in [0.2, 0.25) is 0 Å². The second-order valence-corrected chi connectivity index (χ2v) is 3.31. The molecule has 0 bridgehead atoms. The predicted molar refractivity (Wildman–Crippen MR) is 45.2 cm³/mol. The molecule has 1 aliphatic rings. The van der Waals surface area contributed by atoms with Crippen LogP contribution in [-0.2, 0) is 4.79 Å². The van der Waals surface area contributed by atoms with Crippen molar-refractivity contribution in [1.29, 1.82) is 0 Å². The minimum absolute atomic E-state index is 0.0862. The monoisotopic (exact) mass is 153 g/mol. The lowest BCUT2D eigenvalue weighted by Gasteiger charge is -2.34. The number of ketones is 1. The minimum atomic E-state index is 0.0862. The normalized spacial score (nSPS) is 16.5. The van der Waals surface area contributed by atoms with Gasteiger partial charge >= 0.3 is 0 Å². The molecular formula is C9H15NO. The fourth-order valence-corrected chi connectivity index (χ4v) is 1.08. The number of hydrogen-bond acceptors (Lipinski definition) is 2. The third-order valence-electron chi connectivity index (χ3n) is 2.05. The molecule has 0 aromatic carbocycles. The molecule has 0 spiro atoms. The summed E-state index contributed by atoms with van der Waals surface area (Å²) in [7, 11) is 0. The molecule has 1 heterocycles. The van der Waals surface area contributed by atoms with Gasteiger partial charge in [0.1, 0.15) is 0 Å². The van der Waals surface area contributed by atoms with Gasteiger partial charge in [0.05, 0.1) is 5.70 Å². The lowest BCUT2D eigenvalue weighted by Crippen LogP contribution is -2.39. The van der Waals surface area contributed by atoms with E-state index in [0.29, 0.717) is 5.70 Å². The Hall–Kier alpha value is -0.790. The quantitative estimate of drug-likeness (QED) is 0.572. The number of carbonyl (C=O) groups is 1. The number of likely N-dealkylation sites (tertiary alicyclic amines) is 1. The molecule has 0 aromatic rings. The lowest BCUT2D eigenvalue weighted by atomic mass is 10.0. The summed E-state index contributed by atoms with van der Waals surface area (Å²) in [4.78, 5) is 13.4. The molecule has 0 atom stereocenters. The Morgan fingerprint density at radius 3 is 2.27 bits per heavy atom. The van der Waals surface area contributed by atoms with Crippen LogP contribution in [-0.4, -0.2) is 23.8 Å². The van der Waals surface area contributed by atoms with Crippen molar-refractivity contribution >= 4 is 5.78 Å². The zero-order valence-corrected chi connectivity index (χ0v) is 7.26. The van der Waals surface area contributed by atoms with Crippen molar-refractivity contribution in [2.75, 3.05) is 13.1 Å². The van der Waals surface area contributed by atoms with Gasteiger partial charge in [-0.05, 0) is 6.42 Å². The summed E-state index contributed by atoms with van der Waals surface area (Å²) >= 11 is 0. The number of nitrogens with zero attached hydrogens (tertiary/aromatic N) is 1. The van der Waals surface area contributed by atoms with Crippen molar-refractivity contribution in [3.63, 3.8) is 0 Å². The van der Waals surface area contributed by atoms with E-state index in [-0.39, 0.29) is 11.7 Å². The van der Waals surface area contributed by atoms with Gasteiger partial charge in [-0.2, -0.15) is 0 Å². The average Bonchev–Trinajstić information content (AvgIpc) is 1.82. The molecule has 0 saturated carbocycles. The van der Waals surface area contributed by atoms with Crippen LogP contribution in [0.4, 0.5) is 0 Å². The average molecular weight is 153 g/mol.